The summed E-state index contributed by atoms with van der Waals surface area (Å²) in [5, 5.41) is 5.43. The van der Waals surface area contributed by atoms with Crippen molar-refractivity contribution in [2.45, 2.75) is 6.54 Å². The minimum Gasteiger partial charge on any atom is -0.364 e. The zero-order valence-electron chi connectivity index (χ0n) is 13.3. The van der Waals surface area contributed by atoms with Crippen LogP contribution >= 0.6 is 0 Å². The summed E-state index contributed by atoms with van der Waals surface area (Å²) < 4.78 is 39.8. The molecule has 0 aliphatic carbocycles. The van der Waals surface area contributed by atoms with E-state index in [0.29, 0.717) is 18.4 Å². The average Bonchev–Trinajstić information content (AvgIpc) is 2.66. The summed E-state index contributed by atoms with van der Waals surface area (Å²) in [6.07, 6.45) is 3.04. The molecule has 26 heavy (non-hydrogen) atoms. The van der Waals surface area contributed by atoms with Crippen molar-refractivity contribution < 1.29 is 18.0 Å². The second kappa shape index (κ2) is 7.64. The van der Waals surface area contributed by atoms with Crippen LogP contribution in [0.1, 0.15) is 16.1 Å². The number of benzene rings is 1. The minimum atomic E-state index is -1.69. The Kier molecular flexibility index (Phi) is 5.12. The molecule has 0 unspecified atom stereocenters. The van der Waals surface area contributed by atoms with Gasteiger partial charge in [0, 0.05) is 6.20 Å². The third kappa shape index (κ3) is 3.97. The summed E-state index contributed by atoms with van der Waals surface area (Å²) in [5.74, 6) is -4.94. The molecule has 0 aliphatic heterocycles. The second-order valence-electron chi connectivity index (χ2n) is 5.28. The van der Waals surface area contributed by atoms with Crippen molar-refractivity contribution in [1.29, 1.82) is 0 Å². The van der Waals surface area contributed by atoms with Crippen LogP contribution in [-0.4, -0.2) is 15.9 Å². The normalized spacial score (nSPS) is 10.4. The van der Waals surface area contributed by atoms with Gasteiger partial charge < -0.3 is 10.6 Å². The van der Waals surface area contributed by atoms with E-state index in [4.69, 9.17) is 0 Å². The van der Waals surface area contributed by atoms with Crippen LogP contribution in [0.5, 0.6) is 0 Å². The molecule has 0 bridgehead atoms. The number of carbonyl (C=O) groups is 1. The van der Waals surface area contributed by atoms with Crippen molar-refractivity contribution in [1.82, 2.24) is 9.97 Å². The number of nitrogens with zero attached hydrogens (tertiary/aromatic N) is 2. The lowest BCUT2D eigenvalue weighted by Crippen LogP contribution is -2.15. The molecule has 0 radical (unpaired) electrons. The van der Waals surface area contributed by atoms with Gasteiger partial charge in [0.2, 0.25) is 0 Å². The Bertz CT molecular complexity index is 918. The van der Waals surface area contributed by atoms with Gasteiger partial charge in [-0.2, -0.15) is 0 Å². The molecule has 2 aromatic heterocycles. The first-order valence-corrected chi connectivity index (χ1v) is 7.59. The predicted molar refractivity (Wildman–Crippen MR) is 90.1 cm³/mol. The molecule has 1 aromatic carbocycles. The van der Waals surface area contributed by atoms with E-state index in [-0.39, 0.29) is 5.69 Å². The van der Waals surface area contributed by atoms with E-state index in [2.05, 4.69) is 20.6 Å². The van der Waals surface area contributed by atoms with E-state index < -0.39 is 28.9 Å². The summed E-state index contributed by atoms with van der Waals surface area (Å²) >= 11 is 0. The van der Waals surface area contributed by atoms with Gasteiger partial charge in [-0.05, 0) is 36.4 Å². The summed E-state index contributed by atoms with van der Waals surface area (Å²) in [5.41, 5.74) is 0.518. The third-order valence-electron chi connectivity index (χ3n) is 3.48. The van der Waals surface area contributed by atoms with Gasteiger partial charge in [0.25, 0.3) is 5.91 Å². The molecular weight excluding hydrogens is 345 g/mol. The van der Waals surface area contributed by atoms with Crippen molar-refractivity contribution in [2.75, 3.05) is 10.6 Å². The standard InChI is InChI=1S/C18H13F3N4O/c19-14-6-5-13(16(20)17(14)21)18(26)25-12-4-7-15(24-10-12)23-9-11-3-1-2-8-22-11/h1-8,10H,9H2,(H,23,24)(H,25,26). The van der Waals surface area contributed by atoms with Crippen LogP contribution < -0.4 is 10.6 Å². The first-order chi connectivity index (χ1) is 12.5. The van der Waals surface area contributed by atoms with Crippen molar-refractivity contribution in [3.05, 3.63) is 83.6 Å². The topological polar surface area (TPSA) is 66.9 Å². The molecule has 3 rings (SSSR count). The van der Waals surface area contributed by atoms with Gasteiger partial charge in [-0.25, -0.2) is 18.2 Å². The Morgan fingerprint density at radius 1 is 0.962 bits per heavy atom. The van der Waals surface area contributed by atoms with E-state index in [9.17, 15) is 18.0 Å². The van der Waals surface area contributed by atoms with Gasteiger partial charge in [0.15, 0.2) is 17.5 Å². The largest absolute Gasteiger partial charge is 0.364 e. The van der Waals surface area contributed by atoms with E-state index in [1.165, 1.54) is 6.20 Å². The van der Waals surface area contributed by atoms with Crippen molar-refractivity contribution in [2.24, 2.45) is 0 Å². The number of rotatable bonds is 5. The molecule has 0 fully saturated rings. The lowest BCUT2D eigenvalue weighted by Gasteiger charge is -2.08. The number of pyridine rings is 2. The number of anilines is 2. The maximum Gasteiger partial charge on any atom is 0.258 e. The Hall–Kier alpha value is -3.42. The van der Waals surface area contributed by atoms with Crippen LogP contribution in [0.3, 0.4) is 0 Å². The van der Waals surface area contributed by atoms with Gasteiger partial charge in [-0.15, -0.1) is 0 Å². The molecule has 5 nitrogen and oxygen atoms in total. The molecule has 0 aliphatic rings. The molecule has 3 aromatic rings. The third-order valence-corrected chi connectivity index (χ3v) is 3.48. The summed E-state index contributed by atoms with van der Waals surface area (Å²) in [7, 11) is 0. The van der Waals surface area contributed by atoms with Crippen LogP contribution in [0.25, 0.3) is 0 Å². The number of hydrogen-bond acceptors (Lipinski definition) is 4. The van der Waals surface area contributed by atoms with Crippen molar-refractivity contribution in [3.8, 4) is 0 Å². The van der Waals surface area contributed by atoms with Crippen LogP contribution in [0.2, 0.25) is 0 Å². The number of halogens is 3. The SMILES string of the molecule is O=C(Nc1ccc(NCc2ccccn2)nc1)c1ccc(F)c(F)c1F. The van der Waals surface area contributed by atoms with Crippen LogP contribution in [0.4, 0.5) is 24.7 Å². The zero-order valence-corrected chi connectivity index (χ0v) is 13.3. The Balaban J connectivity index is 1.64. The average molecular weight is 358 g/mol. The number of carbonyl (C=O) groups excluding carboxylic acids is 1. The second-order valence-corrected chi connectivity index (χ2v) is 5.28. The van der Waals surface area contributed by atoms with Crippen LogP contribution in [0.15, 0.2) is 54.9 Å². The maximum atomic E-state index is 13.6. The van der Waals surface area contributed by atoms with E-state index in [1.54, 1.807) is 18.3 Å². The van der Waals surface area contributed by atoms with Gasteiger partial charge in [0.1, 0.15) is 5.82 Å². The van der Waals surface area contributed by atoms with Crippen molar-refractivity contribution >= 4 is 17.4 Å². The minimum absolute atomic E-state index is 0.280. The molecule has 0 saturated carbocycles. The Morgan fingerprint density at radius 3 is 2.50 bits per heavy atom. The molecule has 132 valence electrons. The first kappa shape index (κ1) is 17.4. The van der Waals surface area contributed by atoms with Crippen LogP contribution in [0, 0.1) is 17.5 Å². The number of hydrogen-bond donors (Lipinski definition) is 2. The van der Waals surface area contributed by atoms with Gasteiger partial charge >= 0.3 is 0 Å². The number of nitrogens with one attached hydrogen (secondary N) is 2. The maximum absolute atomic E-state index is 13.6. The molecule has 1 amide bonds. The van der Waals surface area contributed by atoms with Crippen molar-refractivity contribution in [3.63, 3.8) is 0 Å². The first-order valence-electron chi connectivity index (χ1n) is 7.59. The summed E-state index contributed by atoms with van der Waals surface area (Å²) in [6, 6.07) is 10.3. The molecular formula is C18H13F3N4O. The van der Waals surface area contributed by atoms with Gasteiger partial charge in [-0.3, -0.25) is 9.78 Å². The van der Waals surface area contributed by atoms with E-state index in [0.717, 1.165) is 11.8 Å². The quantitative estimate of drug-likeness (QED) is 0.682. The smallest absolute Gasteiger partial charge is 0.258 e. The van der Waals surface area contributed by atoms with Crippen LogP contribution in [-0.2, 0) is 6.54 Å². The highest BCUT2D eigenvalue weighted by Crippen LogP contribution is 2.17. The fourth-order valence-corrected chi connectivity index (χ4v) is 2.16. The lowest BCUT2D eigenvalue weighted by atomic mass is 10.2. The molecule has 0 atom stereocenters. The highest BCUT2D eigenvalue weighted by molar-refractivity contribution is 6.04. The van der Waals surface area contributed by atoms with Gasteiger partial charge in [0.05, 0.1) is 29.7 Å². The Morgan fingerprint density at radius 2 is 1.81 bits per heavy atom. The molecule has 2 heterocycles. The summed E-state index contributed by atoms with van der Waals surface area (Å²) in [6.45, 7) is 0.472. The number of aromatic nitrogens is 2. The zero-order chi connectivity index (χ0) is 18.5. The monoisotopic (exact) mass is 358 g/mol. The number of amides is 1. The molecule has 2 N–H and O–H groups in total. The predicted octanol–water partition coefficient (Wildman–Crippen LogP) is 3.76. The molecule has 0 spiro atoms. The summed E-state index contributed by atoms with van der Waals surface area (Å²) in [4.78, 5) is 20.3. The molecule has 8 heteroatoms. The van der Waals surface area contributed by atoms with E-state index >= 15 is 0 Å². The fourth-order valence-electron chi connectivity index (χ4n) is 2.16. The Labute approximate surface area is 146 Å². The highest BCUT2D eigenvalue weighted by atomic mass is 19.2. The van der Waals surface area contributed by atoms with Gasteiger partial charge in [-0.1, -0.05) is 6.07 Å². The molecule has 0 saturated heterocycles. The lowest BCUT2D eigenvalue weighted by molar-refractivity contribution is 0.102. The highest BCUT2D eigenvalue weighted by Gasteiger charge is 2.18. The van der Waals surface area contributed by atoms with E-state index in [1.807, 2.05) is 18.2 Å². The fraction of sp³-hybridized carbons (Fsp3) is 0.0556.